The van der Waals surface area contributed by atoms with Crippen molar-refractivity contribution in [2.75, 3.05) is 98.8 Å². The fourth-order valence-corrected chi connectivity index (χ4v) is 3.71. The van der Waals surface area contributed by atoms with E-state index in [1.807, 2.05) is 6.07 Å². The Hall–Kier alpha value is -0.750. The maximum Gasteiger partial charge on any atom is 0.0729 e. The van der Waals surface area contributed by atoms with Crippen molar-refractivity contribution in [1.29, 1.82) is 0 Å². The van der Waals surface area contributed by atoms with Gasteiger partial charge in [-0.05, 0) is 17.4 Å². The van der Waals surface area contributed by atoms with E-state index in [-0.39, 0.29) is 0 Å². The summed E-state index contributed by atoms with van der Waals surface area (Å²) in [4.78, 5) is 1.21. The first-order valence-electron chi connectivity index (χ1n) is 11.2. The summed E-state index contributed by atoms with van der Waals surface area (Å²) in [6, 6.07) is 6.23. The van der Waals surface area contributed by atoms with Gasteiger partial charge in [0.15, 0.2) is 0 Å². The Balaban J connectivity index is 1.73. The van der Waals surface area contributed by atoms with Crippen molar-refractivity contribution in [1.82, 2.24) is 0 Å². The lowest BCUT2D eigenvalue weighted by molar-refractivity contribution is -0.0238. The van der Waals surface area contributed by atoms with E-state index >= 15 is 0 Å². The molecule has 0 unspecified atom stereocenters. The molecule has 184 valence electrons. The van der Waals surface area contributed by atoms with Gasteiger partial charge in [0.1, 0.15) is 0 Å². The molecule has 0 N–H and O–H groups in total. The number of benzene rings is 1. The Morgan fingerprint density at radius 2 is 0.750 bits per heavy atom. The first-order valence-corrected chi connectivity index (χ1v) is 12.4. The van der Waals surface area contributed by atoms with E-state index < -0.39 is 0 Å². The van der Waals surface area contributed by atoms with Gasteiger partial charge in [-0.1, -0.05) is 18.2 Å². The molecule has 1 aromatic rings. The topological polar surface area (TPSA) is 73.8 Å². The summed E-state index contributed by atoms with van der Waals surface area (Å²) in [5, 5.41) is 0. The monoisotopic (exact) mass is 474 g/mol. The second-order valence-corrected chi connectivity index (χ2v) is 7.71. The van der Waals surface area contributed by atoms with Crippen LogP contribution in [0.4, 0.5) is 0 Å². The Morgan fingerprint density at radius 1 is 0.469 bits per heavy atom. The fourth-order valence-electron chi connectivity index (χ4n) is 2.93. The molecule has 0 radical (unpaired) electrons. The predicted molar refractivity (Wildman–Crippen MR) is 122 cm³/mol. The van der Waals surface area contributed by atoms with E-state index in [0.717, 1.165) is 11.1 Å². The molecular weight excluding hydrogens is 436 g/mol. The number of hydrogen-bond acceptors (Lipinski definition) is 9. The maximum absolute atomic E-state index is 5.80. The third-order valence-electron chi connectivity index (χ3n) is 4.50. The van der Waals surface area contributed by atoms with Gasteiger partial charge in [-0.15, -0.1) is 11.8 Å². The van der Waals surface area contributed by atoms with Gasteiger partial charge in [0.25, 0.3) is 0 Å². The molecule has 32 heavy (non-hydrogen) atoms. The number of thioether (sulfide) groups is 1. The summed E-state index contributed by atoms with van der Waals surface area (Å²) in [5.41, 5.74) is 2.33. The molecular formula is C23H38O8S. The highest BCUT2D eigenvalue weighted by Gasteiger charge is 2.08. The highest BCUT2D eigenvalue weighted by atomic mass is 32.2. The largest absolute Gasteiger partial charge is 0.377 e. The van der Waals surface area contributed by atoms with Crippen molar-refractivity contribution < 1.29 is 37.9 Å². The molecule has 0 fully saturated rings. The van der Waals surface area contributed by atoms with E-state index in [2.05, 4.69) is 18.4 Å². The molecule has 0 aliphatic carbocycles. The number of hydrogen-bond donors (Lipinski definition) is 0. The van der Waals surface area contributed by atoms with Gasteiger partial charge in [0, 0.05) is 4.90 Å². The highest BCUT2D eigenvalue weighted by molar-refractivity contribution is 7.98. The molecule has 1 heterocycles. The van der Waals surface area contributed by atoms with E-state index in [4.69, 9.17) is 37.9 Å². The van der Waals surface area contributed by atoms with Crippen LogP contribution in [0.5, 0.6) is 0 Å². The quantitative estimate of drug-likeness (QED) is 0.571. The zero-order valence-corrected chi connectivity index (χ0v) is 20.0. The molecule has 1 aliphatic rings. The summed E-state index contributed by atoms with van der Waals surface area (Å²) in [5.74, 6) is 0. The smallest absolute Gasteiger partial charge is 0.0729 e. The fraction of sp³-hybridized carbons (Fsp3) is 0.739. The summed E-state index contributed by atoms with van der Waals surface area (Å²) >= 11 is 1.71. The van der Waals surface area contributed by atoms with Gasteiger partial charge < -0.3 is 37.9 Å². The minimum absolute atomic E-state index is 0.540. The molecule has 0 saturated carbocycles. The molecule has 2 bridgehead atoms. The zero-order valence-electron chi connectivity index (χ0n) is 19.2. The molecule has 1 aromatic carbocycles. The van der Waals surface area contributed by atoms with Crippen LogP contribution in [0, 0.1) is 0 Å². The highest BCUT2D eigenvalue weighted by Crippen LogP contribution is 2.26. The third-order valence-corrected chi connectivity index (χ3v) is 5.43. The van der Waals surface area contributed by atoms with Crippen molar-refractivity contribution in [3.05, 3.63) is 29.3 Å². The number of fused-ring (bicyclic) bond motifs is 2. The molecule has 9 heteroatoms. The van der Waals surface area contributed by atoms with Crippen LogP contribution in [0.2, 0.25) is 0 Å². The second-order valence-electron chi connectivity index (χ2n) is 6.89. The van der Waals surface area contributed by atoms with Crippen LogP contribution >= 0.6 is 11.8 Å². The van der Waals surface area contributed by atoms with Crippen molar-refractivity contribution in [2.45, 2.75) is 18.1 Å². The SMILES string of the molecule is CSc1c2cccc1COCCOCCOCCOCCOCCOCCOCCOC2. The lowest BCUT2D eigenvalue weighted by Gasteiger charge is -2.14. The van der Waals surface area contributed by atoms with Gasteiger partial charge in [-0.2, -0.15) is 0 Å². The lowest BCUT2D eigenvalue weighted by Crippen LogP contribution is -2.14. The molecule has 0 amide bonds. The molecule has 8 nitrogen and oxygen atoms in total. The predicted octanol–water partition coefficient (Wildman–Crippen LogP) is 2.55. The molecule has 2 rings (SSSR count). The molecule has 1 aliphatic heterocycles. The van der Waals surface area contributed by atoms with Crippen LogP contribution in [-0.4, -0.2) is 98.8 Å². The average Bonchev–Trinajstić information content (AvgIpc) is 2.81. The van der Waals surface area contributed by atoms with Crippen LogP contribution < -0.4 is 0 Å². The molecule has 0 aromatic heterocycles. The Bertz CT molecular complexity index is 531. The molecule has 0 spiro atoms. The van der Waals surface area contributed by atoms with Gasteiger partial charge in [-0.3, -0.25) is 0 Å². The Labute approximate surface area is 196 Å². The van der Waals surface area contributed by atoms with Gasteiger partial charge in [-0.25, -0.2) is 0 Å². The van der Waals surface area contributed by atoms with E-state index in [0.29, 0.717) is 106 Å². The van der Waals surface area contributed by atoms with Crippen LogP contribution in [0.3, 0.4) is 0 Å². The summed E-state index contributed by atoms with van der Waals surface area (Å²) < 4.78 is 44.6. The summed E-state index contributed by atoms with van der Waals surface area (Å²) in [7, 11) is 0. The van der Waals surface area contributed by atoms with E-state index in [1.54, 1.807) is 11.8 Å². The summed E-state index contributed by atoms with van der Waals surface area (Å²) in [6.45, 7) is 8.68. The lowest BCUT2D eigenvalue weighted by atomic mass is 10.1. The molecule has 0 saturated heterocycles. The average molecular weight is 475 g/mol. The van der Waals surface area contributed by atoms with Crippen LogP contribution in [0.1, 0.15) is 11.1 Å². The van der Waals surface area contributed by atoms with Crippen LogP contribution in [0.25, 0.3) is 0 Å². The van der Waals surface area contributed by atoms with Gasteiger partial charge >= 0.3 is 0 Å². The maximum atomic E-state index is 5.80. The van der Waals surface area contributed by atoms with E-state index in [9.17, 15) is 0 Å². The second kappa shape index (κ2) is 19.7. The number of ether oxygens (including phenoxy) is 8. The molecule has 0 atom stereocenters. The minimum atomic E-state index is 0.540. The van der Waals surface area contributed by atoms with Crippen molar-refractivity contribution in [3.63, 3.8) is 0 Å². The van der Waals surface area contributed by atoms with E-state index in [1.165, 1.54) is 4.90 Å². The van der Waals surface area contributed by atoms with Crippen molar-refractivity contribution in [3.8, 4) is 0 Å². The first kappa shape index (κ1) is 27.5. The normalized spacial score (nSPS) is 20.9. The van der Waals surface area contributed by atoms with Crippen LogP contribution in [0.15, 0.2) is 23.1 Å². The number of rotatable bonds is 1. The van der Waals surface area contributed by atoms with Gasteiger partial charge in [0.2, 0.25) is 0 Å². The minimum Gasteiger partial charge on any atom is -0.377 e. The third kappa shape index (κ3) is 13.1. The van der Waals surface area contributed by atoms with Crippen molar-refractivity contribution >= 4 is 11.8 Å². The van der Waals surface area contributed by atoms with Crippen LogP contribution in [-0.2, 0) is 51.1 Å². The van der Waals surface area contributed by atoms with Gasteiger partial charge in [0.05, 0.1) is 106 Å². The zero-order chi connectivity index (χ0) is 22.5. The Morgan fingerprint density at radius 3 is 1.03 bits per heavy atom. The first-order chi connectivity index (χ1) is 15.9. The standard InChI is InChI=1S/C23H38O8S/c1-32-23-21-3-2-4-22(23)20-31-18-16-29-14-12-27-10-8-25-6-5-24-7-9-26-11-13-28-15-17-30-19-21/h2-4H,5-20H2,1H3. The Kier molecular flexibility index (Phi) is 16.9. The van der Waals surface area contributed by atoms with Crippen molar-refractivity contribution in [2.24, 2.45) is 0 Å². The summed E-state index contributed by atoms with van der Waals surface area (Å²) in [6.07, 6.45) is 2.08.